The Balaban J connectivity index is 2.60. The molecule has 4 nitrogen and oxygen atoms in total. The molecule has 5 heteroatoms. The van der Waals surface area contributed by atoms with Gasteiger partial charge in [-0.1, -0.05) is 13.8 Å². The van der Waals surface area contributed by atoms with Crippen molar-refractivity contribution in [2.45, 2.75) is 27.3 Å². The topological polar surface area (TPSA) is 44.1 Å². The molecule has 0 aliphatic rings. The number of hydrogen-bond acceptors (Lipinski definition) is 3. The largest absolute Gasteiger partial charge is 0.379 e. The van der Waals surface area contributed by atoms with Gasteiger partial charge in [-0.25, -0.2) is 4.98 Å². The van der Waals surface area contributed by atoms with Gasteiger partial charge in [0.2, 0.25) is 0 Å². The maximum Gasteiger partial charge on any atom is 0.267 e. The Morgan fingerprint density at radius 3 is 2.88 bits per heavy atom. The Labute approximate surface area is 109 Å². The second-order valence-corrected chi connectivity index (χ2v) is 5.24. The van der Waals surface area contributed by atoms with E-state index in [-0.39, 0.29) is 5.56 Å². The molecule has 0 atom stereocenters. The summed E-state index contributed by atoms with van der Waals surface area (Å²) < 4.78 is 7.76. The SMILES string of the molecule is Cc1ncc(I)c(=O)n1CCOCC(C)C. The van der Waals surface area contributed by atoms with Crippen LogP contribution >= 0.6 is 22.6 Å². The Morgan fingerprint density at radius 1 is 1.56 bits per heavy atom. The van der Waals surface area contributed by atoms with E-state index in [1.165, 1.54) is 0 Å². The smallest absolute Gasteiger partial charge is 0.267 e. The number of nitrogens with zero attached hydrogens (tertiary/aromatic N) is 2. The van der Waals surface area contributed by atoms with Gasteiger partial charge in [-0.05, 0) is 35.4 Å². The maximum atomic E-state index is 11.8. The van der Waals surface area contributed by atoms with Crippen LogP contribution < -0.4 is 5.56 Å². The summed E-state index contributed by atoms with van der Waals surface area (Å²) in [6.45, 7) is 7.89. The highest BCUT2D eigenvalue weighted by Crippen LogP contribution is 1.98. The number of ether oxygens (including phenoxy) is 1. The van der Waals surface area contributed by atoms with E-state index in [2.05, 4.69) is 18.8 Å². The van der Waals surface area contributed by atoms with Crippen LogP contribution in [0.4, 0.5) is 0 Å². The lowest BCUT2D eigenvalue weighted by molar-refractivity contribution is 0.102. The molecule has 0 spiro atoms. The molecule has 1 rings (SSSR count). The van der Waals surface area contributed by atoms with Crippen LogP contribution in [-0.2, 0) is 11.3 Å². The Bertz CT molecular complexity index is 401. The fourth-order valence-corrected chi connectivity index (χ4v) is 1.72. The molecule has 1 heterocycles. The van der Waals surface area contributed by atoms with Gasteiger partial charge >= 0.3 is 0 Å². The first-order chi connectivity index (χ1) is 7.52. The zero-order valence-corrected chi connectivity index (χ0v) is 12.0. The molecule has 0 aliphatic carbocycles. The molecule has 0 unspecified atom stereocenters. The van der Waals surface area contributed by atoms with Crippen LogP contribution in [0.1, 0.15) is 19.7 Å². The normalized spacial score (nSPS) is 11.1. The van der Waals surface area contributed by atoms with E-state index < -0.39 is 0 Å². The summed E-state index contributed by atoms with van der Waals surface area (Å²) in [5, 5.41) is 0. The summed E-state index contributed by atoms with van der Waals surface area (Å²) >= 11 is 2.00. The van der Waals surface area contributed by atoms with Crippen LogP contribution in [0.3, 0.4) is 0 Å². The molecule has 0 saturated heterocycles. The molecule has 16 heavy (non-hydrogen) atoms. The average molecular weight is 336 g/mol. The summed E-state index contributed by atoms with van der Waals surface area (Å²) in [5.41, 5.74) is 0.0150. The second kappa shape index (κ2) is 6.34. The molecular weight excluding hydrogens is 319 g/mol. The summed E-state index contributed by atoms with van der Waals surface area (Å²) in [5.74, 6) is 1.26. The van der Waals surface area contributed by atoms with Gasteiger partial charge in [0.25, 0.3) is 5.56 Å². The molecule has 0 bridgehead atoms. The molecule has 0 aromatic carbocycles. The van der Waals surface area contributed by atoms with Crippen LogP contribution in [0, 0.1) is 16.4 Å². The first kappa shape index (κ1) is 13.6. The van der Waals surface area contributed by atoms with Crippen molar-refractivity contribution in [3.63, 3.8) is 0 Å². The minimum Gasteiger partial charge on any atom is -0.379 e. The first-order valence-electron chi connectivity index (χ1n) is 5.32. The van der Waals surface area contributed by atoms with Gasteiger partial charge in [0, 0.05) is 12.8 Å². The lowest BCUT2D eigenvalue weighted by Gasteiger charge is -2.10. The van der Waals surface area contributed by atoms with Crippen molar-refractivity contribution in [3.8, 4) is 0 Å². The van der Waals surface area contributed by atoms with E-state index >= 15 is 0 Å². The zero-order valence-electron chi connectivity index (χ0n) is 9.86. The van der Waals surface area contributed by atoms with Crippen molar-refractivity contribution >= 4 is 22.6 Å². The number of aromatic nitrogens is 2. The molecule has 0 saturated carbocycles. The van der Waals surface area contributed by atoms with Crippen molar-refractivity contribution < 1.29 is 4.74 Å². The highest BCUT2D eigenvalue weighted by Gasteiger charge is 2.04. The van der Waals surface area contributed by atoms with Gasteiger partial charge in [0.15, 0.2) is 0 Å². The van der Waals surface area contributed by atoms with Crippen LogP contribution in [0.5, 0.6) is 0 Å². The van der Waals surface area contributed by atoms with Crippen molar-refractivity contribution in [2.24, 2.45) is 5.92 Å². The highest BCUT2D eigenvalue weighted by atomic mass is 127. The summed E-state index contributed by atoms with van der Waals surface area (Å²) in [4.78, 5) is 15.9. The van der Waals surface area contributed by atoms with E-state index in [4.69, 9.17) is 4.74 Å². The Hall–Kier alpha value is -0.430. The van der Waals surface area contributed by atoms with Gasteiger partial charge in [-0.15, -0.1) is 0 Å². The molecule has 0 aliphatic heterocycles. The predicted molar refractivity (Wildman–Crippen MR) is 71.6 cm³/mol. The summed E-state index contributed by atoms with van der Waals surface area (Å²) in [6.07, 6.45) is 1.60. The van der Waals surface area contributed by atoms with Crippen LogP contribution in [0.15, 0.2) is 11.0 Å². The van der Waals surface area contributed by atoms with Crippen LogP contribution in [0.2, 0.25) is 0 Å². The third-order valence-corrected chi connectivity index (χ3v) is 2.86. The first-order valence-corrected chi connectivity index (χ1v) is 6.40. The van der Waals surface area contributed by atoms with Crippen molar-refractivity contribution in [1.29, 1.82) is 0 Å². The van der Waals surface area contributed by atoms with Gasteiger partial charge in [0.1, 0.15) is 5.82 Å². The molecule has 0 N–H and O–H groups in total. The predicted octanol–water partition coefficient (Wildman–Crippen LogP) is 1.83. The highest BCUT2D eigenvalue weighted by molar-refractivity contribution is 14.1. The Kier molecular flexibility index (Phi) is 5.40. The third kappa shape index (κ3) is 3.86. The van der Waals surface area contributed by atoms with Gasteiger partial charge in [-0.2, -0.15) is 0 Å². The van der Waals surface area contributed by atoms with Crippen LogP contribution in [-0.4, -0.2) is 22.8 Å². The number of rotatable bonds is 5. The fourth-order valence-electron chi connectivity index (χ4n) is 1.29. The maximum absolute atomic E-state index is 11.8. The number of hydrogen-bond donors (Lipinski definition) is 0. The monoisotopic (exact) mass is 336 g/mol. The fraction of sp³-hybridized carbons (Fsp3) is 0.636. The molecule has 0 amide bonds. The van der Waals surface area contributed by atoms with Crippen molar-refractivity contribution in [3.05, 3.63) is 25.9 Å². The second-order valence-electron chi connectivity index (χ2n) is 4.08. The average Bonchev–Trinajstić information content (AvgIpc) is 2.22. The minimum atomic E-state index is 0.0150. The molecule has 90 valence electrons. The van der Waals surface area contributed by atoms with Crippen LogP contribution in [0.25, 0.3) is 0 Å². The van der Waals surface area contributed by atoms with E-state index in [0.29, 0.717) is 22.6 Å². The quantitative estimate of drug-likeness (QED) is 0.609. The summed E-state index contributed by atoms with van der Waals surface area (Å²) in [6, 6.07) is 0. The van der Waals surface area contributed by atoms with Crippen molar-refractivity contribution in [2.75, 3.05) is 13.2 Å². The van der Waals surface area contributed by atoms with Gasteiger partial charge < -0.3 is 4.74 Å². The summed E-state index contributed by atoms with van der Waals surface area (Å²) in [7, 11) is 0. The minimum absolute atomic E-state index is 0.0150. The number of aryl methyl sites for hydroxylation is 1. The third-order valence-electron chi connectivity index (χ3n) is 2.12. The Morgan fingerprint density at radius 2 is 2.25 bits per heavy atom. The van der Waals surface area contributed by atoms with E-state index in [9.17, 15) is 4.79 Å². The van der Waals surface area contributed by atoms with Gasteiger partial charge in [0.05, 0.1) is 16.7 Å². The molecule has 0 radical (unpaired) electrons. The molecule has 1 aromatic rings. The van der Waals surface area contributed by atoms with E-state index in [0.717, 1.165) is 12.4 Å². The van der Waals surface area contributed by atoms with Crippen molar-refractivity contribution in [1.82, 2.24) is 9.55 Å². The zero-order chi connectivity index (χ0) is 12.1. The van der Waals surface area contributed by atoms with Gasteiger partial charge in [-0.3, -0.25) is 9.36 Å². The molecule has 0 fully saturated rings. The molecule has 1 aromatic heterocycles. The lowest BCUT2D eigenvalue weighted by Crippen LogP contribution is -2.27. The lowest BCUT2D eigenvalue weighted by atomic mass is 10.2. The standard InChI is InChI=1S/C11H17IN2O2/c1-8(2)7-16-5-4-14-9(3)13-6-10(12)11(14)15/h6,8H,4-5,7H2,1-3H3. The van der Waals surface area contributed by atoms with E-state index in [1.807, 2.05) is 29.5 Å². The number of halogens is 1. The molecular formula is C11H17IN2O2. The van der Waals surface area contributed by atoms with E-state index in [1.54, 1.807) is 10.8 Å².